The summed E-state index contributed by atoms with van der Waals surface area (Å²) in [5.74, 6) is -0.327. The number of anilines is 2. The molecule has 28 heavy (non-hydrogen) atoms. The van der Waals surface area contributed by atoms with E-state index in [1.54, 1.807) is 0 Å². The fourth-order valence-corrected chi connectivity index (χ4v) is 3.38. The van der Waals surface area contributed by atoms with Crippen LogP contribution in [0.1, 0.15) is 44.1 Å². The molecule has 1 N–H and O–H groups in total. The van der Waals surface area contributed by atoms with Crippen LogP contribution >= 0.6 is 0 Å². The Morgan fingerprint density at radius 3 is 2.46 bits per heavy atom. The Bertz CT molecular complexity index is 853. The minimum absolute atomic E-state index is 0.191. The molecule has 0 bridgehead atoms. The molecule has 2 atom stereocenters. The Morgan fingerprint density at radius 2 is 1.82 bits per heavy atom. The third kappa shape index (κ3) is 4.98. The van der Waals surface area contributed by atoms with Gasteiger partial charge < -0.3 is 15.0 Å². The van der Waals surface area contributed by atoms with Gasteiger partial charge >= 0.3 is 0 Å². The van der Waals surface area contributed by atoms with Crippen molar-refractivity contribution in [1.82, 2.24) is 9.78 Å². The maximum absolute atomic E-state index is 12.5. The van der Waals surface area contributed by atoms with Crippen LogP contribution in [0.5, 0.6) is 0 Å². The Morgan fingerprint density at radius 1 is 1.14 bits per heavy atom. The number of unbranched alkanes of at least 4 members (excludes halogenated alkanes) is 1. The highest BCUT2D eigenvalue weighted by atomic mass is 16.5. The van der Waals surface area contributed by atoms with Gasteiger partial charge in [-0.15, -0.1) is 0 Å². The lowest BCUT2D eigenvalue weighted by Crippen LogP contribution is -2.45. The summed E-state index contributed by atoms with van der Waals surface area (Å²) in [7, 11) is 0. The molecular weight excluding hydrogens is 356 g/mol. The number of amides is 1. The second-order valence-electron chi connectivity index (χ2n) is 7.30. The van der Waals surface area contributed by atoms with Crippen molar-refractivity contribution < 1.29 is 9.53 Å². The van der Waals surface area contributed by atoms with E-state index in [1.165, 1.54) is 16.8 Å². The molecule has 1 saturated heterocycles. The van der Waals surface area contributed by atoms with Crippen LogP contribution in [0.4, 0.5) is 11.4 Å². The van der Waals surface area contributed by atoms with Crippen molar-refractivity contribution in [3.05, 3.63) is 52.4 Å². The number of hydrogen-bond donors (Lipinski definition) is 1. The number of aryl methyl sites for hydroxylation is 1. The van der Waals surface area contributed by atoms with Gasteiger partial charge in [0, 0.05) is 37.1 Å². The number of ether oxygens (including phenoxy) is 1. The molecule has 2 unspecified atom stereocenters. The first kappa shape index (κ1) is 20.1. The lowest BCUT2D eigenvalue weighted by atomic mass is 10.2. The smallest absolute Gasteiger partial charge is 0.276 e. The number of nitrogens with zero attached hydrogens (tertiary/aromatic N) is 3. The zero-order valence-corrected chi connectivity index (χ0v) is 16.7. The zero-order chi connectivity index (χ0) is 20.1. The molecule has 1 amide bonds. The van der Waals surface area contributed by atoms with E-state index < -0.39 is 0 Å². The van der Waals surface area contributed by atoms with Gasteiger partial charge in [0.1, 0.15) is 5.69 Å². The second-order valence-corrected chi connectivity index (χ2v) is 7.30. The van der Waals surface area contributed by atoms with Gasteiger partial charge in [0.05, 0.1) is 12.2 Å². The van der Waals surface area contributed by atoms with Crippen LogP contribution in [-0.4, -0.2) is 41.0 Å². The van der Waals surface area contributed by atoms with Gasteiger partial charge in [-0.25, -0.2) is 4.68 Å². The highest BCUT2D eigenvalue weighted by Crippen LogP contribution is 2.22. The molecule has 3 rings (SSSR count). The van der Waals surface area contributed by atoms with E-state index in [-0.39, 0.29) is 29.4 Å². The largest absolute Gasteiger partial charge is 0.372 e. The maximum Gasteiger partial charge on any atom is 0.276 e. The van der Waals surface area contributed by atoms with Crippen molar-refractivity contribution in [1.29, 1.82) is 0 Å². The van der Waals surface area contributed by atoms with Gasteiger partial charge in [-0.3, -0.25) is 9.59 Å². The van der Waals surface area contributed by atoms with Crippen molar-refractivity contribution in [2.24, 2.45) is 0 Å². The van der Waals surface area contributed by atoms with E-state index in [0.29, 0.717) is 12.2 Å². The van der Waals surface area contributed by atoms with Gasteiger partial charge in [0.25, 0.3) is 11.5 Å². The molecule has 1 aliphatic heterocycles. The summed E-state index contributed by atoms with van der Waals surface area (Å²) in [6, 6.07) is 10.6. The summed E-state index contributed by atoms with van der Waals surface area (Å²) in [5.41, 5.74) is 1.83. The monoisotopic (exact) mass is 384 g/mol. The molecular formula is C21H28N4O3. The van der Waals surface area contributed by atoms with Gasteiger partial charge in [0.2, 0.25) is 0 Å². The SMILES string of the molecule is CCCCn1nc(C(=O)Nc2ccc(N3CC(C)OC(C)C3)cc2)ccc1=O. The predicted molar refractivity (Wildman–Crippen MR) is 110 cm³/mol. The van der Waals surface area contributed by atoms with E-state index in [9.17, 15) is 9.59 Å². The number of nitrogens with one attached hydrogen (secondary N) is 1. The van der Waals surface area contributed by atoms with E-state index in [1.807, 2.05) is 31.2 Å². The van der Waals surface area contributed by atoms with E-state index >= 15 is 0 Å². The average Bonchev–Trinajstić information content (AvgIpc) is 2.67. The standard InChI is InChI=1S/C21H28N4O3/c1-4-5-12-25-20(26)11-10-19(23-25)21(27)22-17-6-8-18(9-7-17)24-13-15(2)28-16(3)14-24/h6-11,15-16H,4-5,12-14H2,1-3H3,(H,22,27). The van der Waals surface area contributed by atoms with E-state index in [2.05, 4.69) is 29.2 Å². The summed E-state index contributed by atoms with van der Waals surface area (Å²) < 4.78 is 7.13. The third-order valence-corrected chi connectivity index (χ3v) is 4.73. The molecule has 7 heteroatoms. The lowest BCUT2D eigenvalue weighted by Gasteiger charge is -2.36. The summed E-state index contributed by atoms with van der Waals surface area (Å²) in [4.78, 5) is 26.6. The molecule has 1 aromatic carbocycles. The maximum atomic E-state index is 12.5. The Balaban J connectivity index is 1.67. The van der Waals surface area contributed by atoms with Gasteiger partial charge in [-0.1, -0.05) is 13.3 Å². The Hall–Kier alpha value is -2.67. The number of hydrogen-bond acceptors (Lipinski definition) is 5. The van der Waals surface area contributed by atoms with Crippen LogP contribution in [0.25, 0.3) is 0 Å². The molecule has 1 aromatic heterocycles. The number of rotatable bonds is 6. The fourth-order valence-electron chi connectivity index (χ4n) is 3.38. The molecule has 2 aromatic rings. The predicted octanol–water partition coefficient (Wildman–Crippen LogP) is 2.91. The number of morpholine rings is 1. The molecule has 0 spiro atoms. The summed E-state index contributed by atoms with van der Waals surface area (Å²) in [6.45, 7) is 8.40. The van der Waals surface area contributed by atoms with Crippen LogP contribution in [0.3, 0.4) is 0 Å². The molecule has 1 aliphatic rings. The number of carbonyl (C=O) groups is 1. The summed E-state index contributed by atoms with van der Waals surface area (Å²) in [5, 5.41) is 7.03. The minimum Gasteiger partial charge on any atom is -0.372 e. The molecule has 0 radical (unpaired) electrons. The average molecular weight is 384 g/mol. The lowest BCUT2D eigenvalue weighted by molar-refractivity contribution is -0.00521. The molecule has 0 aliphatic carbocycles. The number of carbonyl (C=O) groups excluding carboxylic acids is 1. The fraction of sp³-hybridized carbons (Fsp3) is 0.476. The van der Waals surface area contributed by atoms with E-state index in [0.717, 1.165) is 31.6 Å². The Labute approximate surface area is 165 Å². The molecule has 150 valence electrons. The zero-order valence-electron chi connectivity index (χ0n) is 16.7. The first-order valence-corrected chi connectivity index (χ1v) is 9.86. The Kier molecular flexibility index (Phi) is 6.46. The normalized spacial score (nSPS) is 19.5. The first-order valence-electron chi connectivity index (χ1n) is 9.86. The quantitative estimate of drug-likeness (QED) is 0.829. The molecule has 7 nitrogen and oxygen atoms in total. The summed E-state index contributed by atoms with van der Waals surface area (Å²) in [6.07, 6.45) is 2.19. The van der Waals surface area contributed by atoms with Gasteiger partial charge in [-0.05, 0) is 50.6 Å². The third-order valence-electron chi connectivity index (χ3n) is 4.73. The van der Waals surface area contributed by atoms with Crippen LogP contribution in [0.15, 0.2) is 41.2 Å². The second kappa shape index (κ2) is 9.01. The summed E-state index contributed by atoms with van der Waals surface area (Å²) >= 11 is 0. The van der Waals surface area contributed by atoms with Crippen molar-refractivity contribution >= 4 is 17.3 Å². The van der Waals surface area contributed by atoms with Crippen LogP contribution < -0.4 is 15.8 Å². The molecule has 1 fully saturated rings. The minimum atomic E-state index is -0.327. The topological polar surface area (TPSA) is 76.5 Å². The number of benzene rings is 1. The van der Waals surface area contributed by atoms with Crippen molar-refractivity contribution in [2.75, 3.05) is 23.3 Å². The highest BCUT2D eigenvalue weighted by molar-refractivity contribution is 6.02. The van der Waals surface area contributed by atoms with E-state index in [4.69, 9.17) is 4.74 Å². The van der Waals surface area contributed by atoms with Crippen molar-refractivity contribution in [3.63, 3.8) is 0 Å². The van der Waals surface area contributed by atoms with Crippen LogP contribution in [-0.2, 0) is 11.3 Å². The molecule has 2 heterocycles. The van der Waals surface area contributed by atoms with Crippen molar-refractivity contribution in [2.45, 2.75) is 52.4 Å². The van der Waals surface area contributed by atoms with Gasteiger partial charge in [-0.2, -0.15) is 5.10 Å². The number of aromatic nitrogens is 2. The molecule has 0 saturated carbocycles. The first-order chi connectivity index (χ1) is 13.5. The van der Waals surface area contributed by atoms with Gasteiger partial charge in [0.15, 0.2) is 0 Å². The van der Waals surface area contributed by atoms with Crippen molar-refractivity contribution in [3.8, 4) is 0 Å². The van der Waals surface area contributed by atoms with Crippen LogP contribution in [0, 0.1) is 0 Å². The van der Waals surface area contributed by atoms with Crippen LogP contribution in [0.2, 0.25) is 0 Å². The highest BCUT2D eigenvalue weighted by Gasteiger charge is 2.22.